The third-order valence-corrected chi connectivity index (χ3v) is 6.23. The minimum Gasteiger partial charge on any atom is -0.465 e. The summed E-state index contributed by atoms with van der Waals surface area (Å²) in [4.78, 5) is 75.8. The third kappa shape index (κ3) is 8.69. The average Bonchev–Trinajstić information content (AvgIpc) is 3.42. The van der Waals surface area contributed by atoms with Gasteiger partial charge in [0.15, 0.2) is 0 Å². The molecule has 0 radical (unpaired) electrons. The Bertz CT molecular complexity index is 1140. The van der Waals surface area contributed by atoms with Crippen LogP contribution >= 0.6 is 0 Å². The number of rotatable bonds is 12. The van der Waals surface area contributed by atoms with Crippen LogP contribution in [0.25, 0.3) is 0 Å². The highest BCUT2D eigenvalue weighted by Gasteiger charge is 2.38. The second kappa shape index (κ2) is 14.3. The minimum atomic E-state index is -1.33. The summed E-state index contributed by atoms with van der Waals surface area (Å²) in [7, 11) is 1.22. The van der Waals surface area contributed by atoms with Gasteiger partial charge >= 0.3 is 6.09 Å². The van der Waals surface area contributed by atoms with Crippen LogP contribution in [0.5, 0.6) is 0 Å². The van der Waals surface area contributed by atoms with Gasteiger partial charge in [-0.05, 0) is 49.6 Å². The molecule has 0 aromatic heterocycles. The number of carboxylic acid groups (broad SMARTS) is 1. The van der Waals surface area contributed by atoms with Crippen LogP contribution in [0.1, 0.15) is 25.3 Å². The van der Waals surface area contributed by atoms with Gasteiger partial charge in [0.2, 0.25) is 29.5 Å². The fourth-order valence-corrected chi connectivity index (χ4v) is 3.87. The number of likely N-dealkylation sites (tertiary alicyclic amines) is 1. The van der Waals surface area contributed by atoms with Crippen molar-refractivity contribution in [2.24, 2.45) is 0 Å². The van der Waals surface area contributed by atoms with E-state index in [4.69, 9.17) is 5.11 Å². The van der Waals surface area contributed by atoms with Crippen molar-refractivity contribution >= 4 is 41.3 Å². The van der Waals surface area contributed by atoms with Crippen LogP contribution < -0.4 is 21.3 Å². The van der Waals surface area contributed by atoms with Crippen LogP contribution in [0, 0.1) is 0 Å². The van der Waals surface area contributed by atoms with Gasteiger partial charge in [0.05, 0.1) is 0 Å². The van der Waals surface area contributed by atoms with E-state index in [1.165, 1.54) is 18.9 Å². The fraction of sp³-hybridized carbons (Fsp3) is 0.385. The summed E-state index contributed by atoms with van der Waals surface area (Å²) < 4.78 is 0. The Morgan fingerprint density at radius 3 is 2.46 bits per heavy atom. The lowest BCUT2D eigenvalue weighted by Crippen LogP contribution is -2.59. The van der Waals surface area contributed by atoms with E-state index in [1.807, 2.05) is 0 Å². The summed E-state index contributed by atoms with van der Waals surface area (Å²) in [5, 5.41) is 19.5. The van der Waals surface area contributed by atoms with Gasteiger partial charge in [-0.2, -0.15) is 0 Å². The molecule has 210 valence electrons. The lowest BCUT2D eigenvalue weighted by Gasteiger charge is -2.30. The number of anilines is 1. The molecule has 6 amide bonds. The number of hydrogen-bond acceptors (Lipinski definition) is 6. The highest BCUT2D eigenvalue weighted by atomic mass is 16.4. The highest BCUT2D eigenvalue weighted by Crippen LogP contribution is 2.19. The first-order chi connectivity index (χ1) is 18.5. The molecule has 5 N–H and O–H groups in total. The van der Waals surface area contributed by atoms with Crippen LogP contribution in [0.4, 0.5) is 10.5 Å². The molecule has 1 aliphatic heterocycles. The number of carbonyl (C=O) groups excluding carboxylic acids is 5. The van der Waals surface area contributed by atoms with Gasteiger partial charge in [0, 0.05) is 32.4 Å². The van der Waals surface area contributed by atoms with E-state index < -0.39 is 47.8 Å². The van der Waals surface area contributed by atoms with Crippen molar-refractivity contribution in [2.75, 3.05) is 25.5 Å². The Balaban J connectivity index is 2.11. The second-order valence-corrected chi connectivity index (χ2v) is 8.88. The highest BCUT2D eigenvalue weighted by molar-refractivity contribution is 5.99. The van der Waals surface area contributed by atoms with E-state index in [1.54, 1.807) is 24.3 Å². The molecule has 1 aromatic rings. The van der Waals surface area contributed by atoms with E-state index in [0.29, 0.717) is 18.5 Å². The average molecular weight is 543 g/mol. The zero-order valence-electron chi connectivity index (χ0n) is 21.9. The molecule has 13 nitrogen and oxygen atoms in total. The first kappa shape index (κ1) is 30.5. The molecule has 39 heavy (non-hydrogen) atoms. The van der Waals surface area contributed by atoms with Crippen molar-refractivity contribution < 1.29 is 33.9 Å². The maximum Gasteiger partial charge on any atom is 0.407 e. The summed E-state index contributed by atoms with van der Waals surface area (Å²) in [6, 6.07) is 3.71. The summed E-state index contributed by atoms with van der Waals surface area (Å²) in [5.74, 6) is -2.67. The monoisotopic (exact) mass is 542 g/mol. The van der Waals surface area contributed by atoms with Crippen molar-refractivity contribution in [1.29, 1.82) is 0 Å². The first-order valence-corrected chi connectivity index (χ1v) is 12.2. The Hall–Kier alpha value is -4.68. The lowest BCUT2D eigenvalue weighted by atomic mass is 10.1. The van der Waals surface area contributed by atoms with Crippen LogP contribution in [0.2, 0.25) is 0 Å². The Morgan fingerprint density at radius 1 is 1.13 bits per heavy atom. The molecule has 0 unspecified atom stereocenters. The van der Waals surface area contributed by atoms with Gasteiger partial charge in [-0.15, -0.1) is 0 Å². The quantitative estimate of drug-likeness (QED) is 0.234. The molecule has 2 rings (SSSR count). The van der Waals surface area contributed by atoms with Crippen molar-refractivity contribution in [3.63, 3.8) is 0 Å². The molecule has 1 aliphatic rings. The number of nitrogens with zero attached hydrogens (tertiary/aromatic N) is 2. The summed E-state index contributed by atoms with van der Waals surface area (Å²) in [6.45, 7) is 8.23. The first-order valence-electron chi connectivity index (χ1n) is 12.2. The van der Waals surface area contributed by atoms with Gasteiger partial charge in [0.25, 0.3) is 0 Å². The fourth-order valence-electron chi connectivity index (χ4n) is 3.87. The summed E-state index contributed by atoms with van der Waals surface area (Å²) in [6.07, 6.45) is 1.76. The van der Waals surface area contributed by atoms with E-state index in [9.17, 15) is 28.8 Å². The minimum absolute atomic E-state index is 0.143. The molecule has 3 atom stereocenters. The largest absolute Gasteiger partial charge is 0.465 e. The molecular weight excluding hydrogens is 508 g/mol. The Labute approximate surface area is 226 Å². The molecule has 1 saturated heterocycles. The summed E-state index contributed by atoms with van der Waals surface area (Å²) >= 11 is 0. The molecular formula is C26H34N6O7. The number of hydrogen-bond donors (Lipinski definition) is 5. The summed E-state index contributed by atoms with van der Waals surface area (Å²) in [5.41, 5.74) is 1.25. The standard InChI is InChI=1S/C26H34N6O7/c1-5-21(33)27-15-19(30-23(35)16(3)31(4)26(38)39)25(37)32-12-8-11-20(32)24(36)28-14-17-9-7-10-18(13-17)29-22(34)6-2/h5-7,9-10,13,16,19-20H,1-2,8,11-12,14-15H2,3-4H3,(H,27,33)(H,28,36)(H,29,34)(H,30,35)(H,38,39)/t16-,19-,20-/m0/s1. The zero-order chi connectivity index (χ0) is 29.1. The number of nitrogens with one attached hydrogen (secondary N) is 4. The predicted molar refractivity (Wildman–Crippen MR) is 142 cm³/mol. The molecule has 0 bridgehead atoms. The van der Waals surface area contributed by atoms with E-state index in [-0.39, 0.29) is 25.5 Å². The second-order valence-electron chi connectivity index (χ2n) is 8.88. The van der Waals surface area contributed by atoms with Gasteiger partial charge < -0.3 is 31.3 Å². The molecule has 1 aromatic carbocycles. The number of carbonyl (C=O) groups is 6. The van der Waals surface area contributed by atoms with Crippen molar-refractivity contribution in [1.82, 2.24) is 25.8 Å². The molecule has 0 saturated carbocycles. The molecule has 13 heteroatoms. The predicted octanol–water partition coefficient (Wildman–Crippen LogP) is 0.204. The van der Waals surface area contributed by atoms with E-state index in [2.05, 4.69) is 34.4 Å². The third-order valence-electron chi connectivity index (χ3n) is 6.23. The normalized spacial score (nSPS) is 15.7. The number of benzene rings is 1. The lowest BCUT2D eigenvalue weighted by molar-refractivity contribution is -0.142. The molecule has 0 aliphatic carbocycles. The topological polar surface area (TPSA) is 177 Å². The number of likely N-dealkylation sites (N-methyl/N-ethyl adjacent to an activating group) is 1. The van der Waals surface area contributed by atoms with E-state index >= 15 is 0 Å². The van der Waals surface area contributed by atoms with Crippen LogP contribution in [0.3, 0.4) is 0 Å². The van der Waals surface area contributed by atoms with Gasteiger partial charge in [-0.3, -0.25) is 28.9 Å². The van der Waals surface area contributed by atoms with Crippen molar-refractivity contribution in [3.05, 3.63) is 55.1 Å². The molecule has 1 heterocycles. The maximum absolute atomic E-state index is 13.4. The van der Waals surface area contributed by atoms with Crippen LogP contribution in [-0.4, -0.2) is 88.8 Å². The van der Waals surface area contributed by atoms with Crippen molar-refractivity contribution in [2.45, 2.75) is 44.4 Å². The van der Waals surface area contributed by atoms with Crippen molar-refractivity contribution in [3.8, 4) is 0 Å². The van der Waals surface area contributed by atoms with Crippen LogP contribution in [-0.2, 0) is 30.5 Å². The van der Waals surface area contributed by atoms with Gasteiger partial charge in [-0.25, -0.2) is 4.79 Å². The van der Waals surface area contributed by atoms with Crippen LogP contribution in [0.15, 0.2) is 49.6 Å². The maximum atomic E-state index is 13.4. The Kier molecular flexibility index (Phi) is 11.2. The molecule has 1 fully saturated rings. The molecule has 0 spiro atoms. The van der Waals surface area contributed by atoms with Gasteiger partial charge in [-0.1, -0.05) is 25.3 Å². The number of amides is 6. The Morgan fingerprint density at radius 2 is 1.82 bits per heavy atom. The van der Waals surface area contributed by atoms with E-state index in [0.717, 1.165) is 22.6 Å². The smallest absolute Gasteiger partial charge is 0.407 e. The SMILES string of the molecule is C=CC(=O)NC[C@H](NC(=O)[C@H](C)N(C)C(=O)O)C(=O)N1CCC[C@H]1C(=O)NCc1cccc(NC(=O)C=C)c1. The van der Waals surface area contributed by atoms with Gasteiger partial charge in [0.1, 0.15) is 18.1 Å². The zero-order valence-corrected chi connectivity index (χ0v) is 21.9.